The van der Waals surface area contributed by atoms with Gasteiger partial charge in [0.05, 0.1) is 0 Å². The lowest BCUT2D eigenvalue weighted by Crippen LogP contribution is -1.95. The van der Waals surface area contributed by atoms with E-state index in [-0.39, 0.29) is 0 Å². The molecule has 0 fully saturated rings. The minimum Gasteiger partial charge on any atom is -0.455 e. The van der Waals surface area contributed by atoms with E-state index in [1.54, 1.807) is 0 Å². The van der Waals surface area contributed by atoms with Crippen molar-refractivity contribution < 1.29 is 8.83 Å². The van der Waals surface area contributed by atoms with E-state index < -0.39 is 0 Å². The molecule has 0 amide bonds. The summed E-state index contributed by atoms with van der Waals surface area (Å²) in [6.07, 6.45) is 0. The molecule has 3 heterocycles. The van der Waals surface area contributed by atoms with Crippen LogP contribution in [0.2, 0.25) is 0 Å². The molecule has 0 aliphatic heterocycles. The Morgan fingerprint density at radius 3 is 1.79 bits per heavy atom. The van der Waals surface area contributed by atoms with Crippen LogP contribution in [0, 0.1) is 0 Å². The highest BCUT2D eigenvalue weighted by Crippen LogP contribution is 2.42. The largest absolute Gasteiger partial charge is 0.455 e. The first kappa shape index (κ1) is 26.7. The number of hydrogen-bond donors (Lipinski definition) is 0. The highest BCUT2D eigenvalue weighted by atomic mass is 16.3. The molecule has 0 radical (unpaired) electrons. The standard InChI is InChI=1S/C44H26N2O2/c1-3-12-27(13-4-1)29-16-11-17-30(24-29)31-22-23-33-36-26-37(32-18-7-8-19-34(32)42(36)48-39(33)25-31)44-45-40(28-14-5-2-6-15-28)43-41(46-44)35-20-9-10-21-38(35)47-43/h1-26H. The van der Waals surface area contributed by atoms with Crippen LogP contribution in [0.4, 0.5) is 0 Å². The summed E-state index contributed by atoms with van der Waals surface area (Å²) in [5.41, 5.74) is 11.3. The van der Waals surface area contributed by atoms with Crippen LogP contribution in [0.1, 0.15) is 0 Å². The number of nitrogens with zero attached hydrogens (tertiary/aromatic N) is 2. The molecule has 10 aromatic rings. The second kappa shape index (κ2) is 10.5. The van der Waals surface area contributed by atoms with E-state index in [1.165, 1.54) is 11.1 Å². The van der Waals surface area contributed by atoms with Gasteiger partial charge in [-0.2, -0.15) is 0 Å². The monoisotopic (exact) mass is 614 g/mol. The van der Waals surface area contributed by atoms with E-state index in [0.29, 0.717) is 11.4 Å². The number of hydrogen-bond acceptors (Lipinski definition) is 4. The highest BCUT2D eigenvalue weighted by molar-refractivity contribution is 6.19. The molecular weight excluding hydrogens is 588 g/mol. The van der Waals surface area contributed by atoms with Gasteiger partial charge in [0.25, 0.3) is 0 Å². The number of rotatable bonds is 4. The molecule has 4 nitrogen and oxygen atoms in total. The zero-order chi connectivity index (χ0) is 31.6. The summed E-state index contributed by atoms with van der Waals surface area (Å²) in [7, 11) is 0. The minimum absolute atomic E-state index is 0.648. The van der Waals surface area contributed by atoms with Gasteiger partial charge in [-0.1, -0.05) is 121 Å². The summed E-state index contributed by atoms with van der Waals surface area (Å²) in [6, 6.07) is 54.5. The lowest BCUT2D eigenvalue weighted by Gasteiger charge is -2.09. The second-order valence-electron chi connectivity index (χ2n) is 12.1. The van der Waals surface area contributed by atoms with Crippen LogP contribution in [-0.2, 0) is 0 Å². The van der Waals surface area contributed by atoms with Gasteiger partial charge >= 0.3 is 0 Å². The Hall–Kier alpha value is -6.52. The number of para-hydroxylation sites is 1. The van der Waals surface area contributed by atoms with E-state index >= 15 is 0 Å². The van der Waals surface area contributed by atoms with Crippen LogP contribution in [0.3, 0.4) is 0 Å². The van der Waals surface area contributed by atoms with E-state index in [1.807, 2.05) is 42.5 Å². The SMILES string of the molecule is c1ccc(-c2cccc(-c3ccc4c(c3)oc3c5ccccc5c(-c5nc(-c6ccccc6)c6oc7ccccc7c6n5)cc43)c2)cc1. The Morgan fingerprint density at radius 2 is 0.979 bits per heavy atom. The van der Waals surface area contributed by atoms with Crippen LogP contribution in [0.15, 0.2) is 167 Å². The minimum atomic E-state index is 0.648. The normalized spacial score (nSPS) is 11.8. The first-order valence-electron chi connectivity index (χ1n) is 16.1. The highest BCUT2D eigenvalue weighted by Gasteiger charge is 2.21. The first-order chi connectivity index (χ1) is 23.8. The molecule has 10 rings (SSSR count). The lowest BCUT2D eigenvalue weighted by atomic mass is 9.97. The van der Waals surface area contributed by atoms with Crippen molar-refractivity contribution in [1.82, 2.24) is 9.97 Å². The Kier molecular flexibility index (Phi) is 5.84. The molecule has 0 aliphatic carbocycles. The first-order valence-corrected chi connectivity index (χ1v) is 16.1. The van der Waals surface area contributed by atoms with Gasteiger partial charge in [-0.15, -0.1) is 0 Å². The molecule has 4 heteroatoms. The maximum Gasteiger partial charge on any atom is 0.180 e. The quantitative estimate of drug-likeness (QED) is 0.198. The summed E-state index contributed by atoms with van der Waals surface area (Å²) in [5, 5.41) is 5.11. The van der Waals surface area contributed by atoms with E-state index in [4.69, 9.17) is 18.8 Å². The molecule has 0 aliphatic rings. The maximum atomic E-state index is 6.69. The molecule has 0 unspecified atom stereocenters. The molecule has 7 aromatic carbocycles. The van der Waals surface area contributed by atoms with Gasteiger partial charge in [0, 0.05) is 32.7 Å². The molecule has 0 spiro atoms. The topological polar surface area (TPSA) is 52.1 Å². The predicted molar refractivity (Wildman–Crippen MR) is 196 cm³/mol. The third kappa shape index (κ3) is 4.16. The molecule has 3 aromatic heterocycles. The van der Waals surface area contributed by atoms with Crippen molar-refractivity contribution in [3.05, 3.63) is 158 Å². The zero-order valence-corrected chi connectivity index (χ0v) is 25.7. The number of furan rings is 2. The fourth-order valence-corrected chi connectivity index (χ4v) is 6.97. The van der Waals surface area contributed by atoms with Gasteiger partial charge in [0.15, 0.2) is 11.4 Å². The third-order valence-electron chi connectivity index (χ3n) is 9.29. The van der Waals surface area contributed by atoms with Crippen LogP contribution < -0.4 is 0 Å². The summed E-state index contributed by atoms with van der Waals surface area (Å²) < 4.78 is 13.1. The fourth-order valence-electron chi connectivity index (χ4n) is 6.97. The van der Waals surface area contributed by atoms with E-state index in [9.17, 15) is 0 Å². The molecule has 0 saturated carbocycles. The number of fused-ring (bicyclic) bond motifs is 8. The van der Waals surface area contributed by atoms with Crippen molar-refractivity contribution in [1.29, 1.82) is 0 Å². The molecule has 0 bridgehead atoms. The van der Waals surface area contributed by atoms with Gasteiger partial charge in [0.2, 0.25) is 0 Å². The van der Waals surface area contributed by atoms with Crippen LogP contribution >= 0.6 is 0 Å². The Labute approximate surface area is 275 Å². The van der Waals surface area contributed by atoms with Crippen molar-refractivity contribution in [3.8, 4) is 44.9 Å². The van der Waals surface area contributed by atoms with Gasteiger partial charge in [-0.25, -0.2) is 9.97 Å². The van der Waals surface area contributed by atoms with E-state index in [0.717, 1.165) is 77.1 Å². The second-order valence-corrected chi connectivity index (χ2v) is 12.1. The molecule has 0 saturated heterocycles. The van der Waals surface area contributed by atoms with Crippen molar-refractivity contribution in [2.75, 3.05) is 0 Å². The average molecular weight is 615 g/mol. The van der Waals surface area contributed by atoms with Gasteiger partial charge in [-0.05, 0) is 64.0 Å². The number of benzene rings is 7. The van der Waals surface area contributed by atoms with E-state index in [2.05, 4.69) is 115 Å². The summed E-state index contributed by atoms with van der Waals surface area (Å²) in [6.45, 7) is 0. The van der Waals surface area contributed by atoms with Gasteiger partial charge in [0.1, 0.15) is 28.0 Å². The van der Waals surface area contributed by atoms with Gasteiger partial charge < -0.3 is 8.83 Å². The third-order valence-corrected chi connectivity index (χ3v) is 9.29. The number of aromatic nitrogens is 2. The summed E-state index contributed by atoms with van der Waals surface area (Å²) in [5.74, 6) is 0.648. The van der Waals surface area contributed by atoms with Crippen LogP contribution in [0.25, 0.3) is 99.7 Å². The van der Waals surface area contributed by atoms with Crippen LogP contribution in [-0.4, -0.2) is 9.97 Å². The molecular formula is C44H26N2O2. The Balaban J connectivity index is 1.20. The Bertz CT molecular complexity index is 2830. The van der Waals surface area contributed by atoms with Crippen molar-refractivity contribution in [2.45, 2.75) is 0 Å². The molecule has 0 N–H and O–H groups in total. The maximum absolute atomic E-state index is 6.69. The lowest BCUT2D eigenvalue weighted by molar-refractivity contribution is 0.667. The average Bonchev–Trinajstić information content (AvgIpc) is 3.73. The smallest absolute Gasteiger partial charge is 0.180 e. The summed E-state index contributed by atoms with van der Waals surface area (Å²) >= 11 is 0. The predicted octanol–water partition coefficient (Wildman–Crippen LogP) is 12.1. The Morgan fingerprint density at radius 1 is 0.354 bits per heavy atom. The van der Waals surface area contributed by atoms with Crippen molar-refractivity contribution in [3.63, 3.8) is 0 Å². The van der Waals surface area contributed by atoms with Gasteiger partial charge in [-0.3, -0.25) is 0 Å². The zero-order valence-electron chi connectivity index (χ0n) is 25.7. The van der Waals surface area contributed by atoms with Crippen molar-refractivity contribution >= 4 is 54.8 Å². The summed E-state index contributed by atoms with van der Waals surface area (Å²) in [4.78, 5) is 10.4. The molecule has 48 heavy (non-hydrogen) atoms. The van der Waals surface area contributed by atoms with Crippen molar-refractivity contribution in [2.24, 2.45) is 0 Å². The molecule has 224 valence electrons. The van der Waals surface area contributed by atoms with Crippen LogP contribution in [0.5, 0.6) is 0 Å². The fraction of sp³-hybridized carbons (Fsp3) is 0. The molecule has 0 atom stereocenters.